The van der Waals surface area contributed by atoms with Crippen molar-refractivity contribution in [3.8, 4) is 5.75 Å². The van der Waals surface area contributed by atoms with E-state index in [9.17, 15) is 5.11 Å². The average molecular weight is 221 g/mol. The van der Waals surface area contributed by atoms with Crippen molar-refractivity contribution in [3.05, 3.63) is 54.1 Å². The Morgan fingerprint density at radius 1 is 0.882 bits per heavy atom. The molecule has 0 atom stereocenters. The highest BCUT2D eigenvalue weighted by molar-refractivity contribution is 6.14. The van der Waals surface area contributed by atoms with Crippen molar-refractivity contribution in [1.82, 2.24) is 0 Å². The van der Waals surface area contributed by atoms with Crippen molar-refractivity contribution in [2.45, 2.75) is 0 Å². The standard InChI is InChI=1S/C15H11NO/c16-9-11-7-10-3-1-2-4-13(10)15-8-12(17)5-6-14(11)15/h1-9,16-17H. The topological polar surface area (TPSA) is 44.1 Å². The smallest absolute Gasteiger partial charge is 0.116 e. The molecule has 2 nitrogen and oxygen atoms in total. The van der Waals surface area contributed by atoms with E-state index in [1.165, 1.54) is 6.21 Å². The third kappa shape index (κ3) is 1.46. The van der Waals surface area contributed by atoms with Gasteiger partial charge in [0.15, 0.2) is 0 Å². The van der Waals surface area contributed by atoms with Crippen LogP contribution in [0.25, 0.3) is 21.5 Å². The Labute approximate surface area is 98.6 Å². The van der Waals surface area contributed by atoms with Gasteiger partial charge < -0.3 is 10.5 Å². The minimum atomic E-state index is 0.254. The second kappa shape index (κ2) is 3.59. The van der Waals surface area contributed by atoms with Gasteiger partial charge in [0.2, 0.25) is 0 Å². The molecule has 0 unspecified atom stereocenters. The van der Waals surface area contributed by atoms with Gasteiger partial charge in [-0.15, -0.1) is 0 Å². The summed E-state index contributed by atoms with van der Waals surface area (Å²) < 4.78 is 0. The van der Waals surface area contributed by atoms with Crippen LogP contribution >= 0.6 is 0 Å². The molecule has 0 heterocycles. The van der Waals surface area contributed by atoms with E-state index >= 15 is 0 Å². The summed E-state index contributed by atoms with van der Waals surface area (Å²) in [5, 5.41) is 21.2. The van der Waals surface area contributed by atoms with Crippen molar-refractivity contribution in [2.75, 3.05) is 0 Å². The SMILES string of the molecule is N=Cc1cc2ccccc2c2cc(O)ccc12. The summed E-state index contributed by atoms with van der Waals surface area (Å²) >= 11 is 0. The molecular formula is C15H11NO. The highest BCUT2D eigenvalue weighted by atomic mass is 16.3. The number of phenolic OH excluding ortho intramolecular Hbond substituents is 1. The number of phenols is 1. The summed E-state index contributed by atoms with van der Waals surface area (Å²) in [5.41, 5.74) is 0.874. The maximum absolute atomic E-state index is 9.60. The molecule has 2 N–H and O–H groups in total. The van der Waals surface area contributed by atoms with E-state index in [4.69, 9.17) is 5.41 Å². The molecule has 0 saturated heterocycles. The van der Waals surface area contributed by atoms with E-state index in [0.29, 0.717) is 0 Å². The van der Waals surface area contributed by atoms with Gasteiger partial charge in [-0.3, -0.25) is 0 Å². The van der Waals surface area contributed by atoms with E-state index in [1.54, 1.807) is 12.1 Å². The predicted octanol–water partition coefficient (Wildman–Crippen LogP) is 3.70. The maximum Gasteiger partial charge on any atom is 0.116 e. The molecule has 0 aliphatic heterocycles. The molecule has 0 saturated carbocycles. The zero-order valence-corrected chi connectivity index (χ0v) is 9.14. The molecule has 0 bridgehead atoms. The predicted molar refractivity (Wildman–Crippen MR) is 71.0 cm³/mol. The average Bonchev–Trinajstić information content (AvgIpc) is 2.37. The van der Waals surface area contributed by atoms with Crippen LogP contribution in [0.5, 0.6) is 5.75 Å². The number of fused-ring (bicyclic) bond motifs is 3. The van der Waals surface area contributed by atoms with Crippen LogP contribution < -0.4 is 0 Å². The van der Waals surface area contributed by atoms with Gasteiger partial charge in [-0.25, -0.2) is 0 Å². The Hall–Kier alpha value is -2.35. The highest BCUT2D eigenvalue weighted by Crippen LogP contribution is 2.30. The molecule has 2 heteroatoms. The number of hydrogen-bond donors (Lipinski definition) is 2. The molecule has 0 aliphatic carbocycles. The van der Waals surface area contributed by atoms with Crippen molar-refractivity contribution in [2.24, 2.45) is 0 Å². The lowest BCUT2D eigenvalue weighted by Gasteiger charge is -2.07. The van der Waals surface area contributed by atoms with Crippen molar-refractivity contribution in [1.29, 1.82) is 5.41 Å². The summed E-state index contributed by atoms with van der Waals surface area (Å²) in [4.78, 5) is 0. The molecular weight excluding hydrogens is 210 g/mol. The minimum Gasteiger partial charge on any atom is -0.508 e. The fourth-order valence-electron chi connectivity index (χ4n) is 2.24. The lowest BCUT2D eigenvalue weighted by Crippen LogP contribution is -1.85. The molecule has 0 amide bonds. The zero-order chi connectivity index (χ0) is 11.8. The number of benzene rings is 3. The van der Waals surface area contributed by atoms with Gasteiger partial charge in [0.05, 0.1) is 0 Å². The molecule has 0 spiro atoms. The molecule has 3 aromatic carbocycles. The molecule has 3 aromatic rings. The Balaban J connectivity index is 2.61. The van der Waals surface area contributed by atoms with Gasteiger partial charge >= 0.3 is 0 Å². The van der Waals surface area contributed by atoms with Crippen LogP contribution in [0.15, 0.2) is 48.5 Å². The molecule has 0 aliphatic rings. The first-order valence-corrected chi connectivity index (χ1v) is 5.44. The van der Waals surface area contributed by atoms with Gasteiger partial charge in [-0.05, 0) is 39.7 Å². The Bertz CT molecular complexity index is 731. The second-order valence-electron chi connectivity index (χ2n) is 4.06. The Morgan fingerprint density at radius 3 is 2.53 bits per heavy atom. The second-order valence-corrected chi connectivity index (χ2v) is 4.06. The van der Waals surface area contributed by atoms with Gasteiger partial charge in [0, 0.05) is 11.8 Å². The van der Waals surface area contributed by atoms with Crippen LogP contribution in [0.3, 0.4) is 0 Å². The largest absolute Gasteiger partial charge is 0.508 e. The number of hydrogen-bond acceptors (Lipinski definition) is 2. The van der Waals surface area contributed by atoms with Crippen molar-refractivity contribution in [3.63, 3.8) is 0 Å². The Kier molecular flexibility index (Phi) is 2.08. The van der Waals surface area contributed by atoms with Crippen LogP contribution in [0.2, 0.25) is 0 Å². The molecule has 3 rings (SSSR count). The summed E-state index contributed by atoms with van der Waals surface area (Å²) in [7, 11) is 0. The first-order chi connectivity index (χ1) is 8.29. The normalized spacial score (nSPS) is 10.8. The van der Waals surface area contributed by atoms with Crippen molar-refractivity contribution >= 4 is 27.8 Å². The number of aromatic hydroxyl groups is 1. The molecule has 0 aromatic heterocycles. The van der Waals surface area contributed by atoms with Crippen molar-refractivity contribution < 1.29 is 5.11 Å². The lowest BCUT2D eigenvalue weighted by atomic mass is 9.97. The van der Waals surface area contributed by atoms with Gasteiger partial charge in [-0.1, -0.05) is 30.3 Å². The lowest BCUT2D eigenvalue weighted by molar-refractivity contribution is 0.476. The monoisotopic (exact) mass is 221 g/mol. The molecule has 17 heavy (non-hydrogen) atoms. The van der Waals surface area contributed by atoms with Gasteiger partial charge in [0.1, 0.15) is 5.75 Å². The molecule has 0 radical (unpaired) electrons. The summed E-state index contributed by atoms with van der Waals surface area (Å²) in [6.45, 7) is 0. The fourth-order valence-corrected chi connectivity index (χ4v) is 2.24. The van der Waals surface area contributed by atoms with E-state index in [2.05, 4.69) is 0 Å². The van der Waals surface area contributed by atoms with Crippen LogP contribution in [0.4, 0.5) is 0 Å². The molecule has 0 fully saturated rings. The quantitative estimate of drug-likeness (QED) is 0.477. The fraction of sp³-hybridized carbons (Fsp3) is 0. The third-order valence-electron chi connectivity index (χ3n) is 3.03. The Morgan fingerprint density at radius 2 is 1.71 bits per heavy atom. The zero-order valence-electron chi connectivity index (χ0n) is 9.14. The van der Waals surface area contributed by atoms with E-state index in [-0.39, 0.29) is 5.75 Å². The molecule has 82 valence electrons. The minimum absolute atomic E-state index is 0.254. The van der Waals surface area contributed by atoms with E-state index in [1.807, 2.05) is 36.4 Å². The van der Waals surface area contributed by atoms with Crippen LogP contribution in [-0.2, 0) is 0 Å². The third-order valence-corrected chi connectivity index (χ3v) is 3.03. The number of nitrogens with one attached hydrogen (secondary N) is 1. The van der Waals surface area contributed by atoms with Crippen LogP contribution in [0.1, 0.15) is 5.56 Å². The first kappa shape index (κ1) is 9.85. The van der Waals surface area contributed by atoms with Crippen LogP contribution in [0, 0.1) is 5.41 Å². The summed E-state index contributed by atoms with van der Waals surface area (Å²) in [5.74, 6) is 0.254. The van der Waals surface area contributed by atoms with Gasteiger partial charge in [-0.2, -0.15) is 0 Å². The summed E-state index contributed by atoms with van der Waals surface area (Å²) in [6.07, 6.45) is 1.35. The maximum atomic E-state index is 9.60. The highest BCUT2D eigenvalue weighted by Gasteiger charge is 2.05. The number of rotatable bonds is 1. The van der Waals surface area contributed by atoms with Crippen LogP contribution in [-0.4, -0.2) is 11.3 Å². The first-order valence-electron chi connectivity index (χ1n) is 5.44. The van der Waals surface area contributed by atoms with Gasteiger partial charge in [0.25, 0.3) is 0 Å². The van der Waals surface area contributed by atoms with E-state index < -0.39 is 0 Å². The van der Waals surface area contributed by atoms with E-state index in [0.717, 1.165) is 27.1 Å². The summed E-state index contributed by atoms with van der Waals surface area (Å²) in [6, 6.07) is 15.3.